The summed E-state index contributed by atoms with van der Waals surface area (Å²) in [6.45, 7) is 17.3. The van der Waals surface area contributed by atoms with Crippen LogP contribution < -0.4 is 0 Å². The molecule has 0 rings (SSSR count). The van der Waals surface area contributed by atoms with E-state index in [2.05, 4.69) is 48.5 Å². The van der Waals surface area contributed by atoms with Crippen molar-refractivity contribution >= 4 is 7.26 Å². The van der Waals surface area contributed by atoms with Gasteiger partial charge in [-0.1, -0.05) is 0 Å². The van der Waals surface area contributed by atoms with E-state index in [0.29, 0.717) is 0 Å². The molecular weight excluding hydrogens is 271 g/mol. The zero-order valence-electron chi connectivity index (χ0n) is 16.3. The molecular formula is C20H45P. The third-order valence-electron chi connectivity index (χ3n) is 5.94. The van der Waals surface area contributed by atoms with Gasteiger partial charge in [0, 0.05) is 0 Å². The first-order chi connectivity index (χ1) is 9.89. The minimum atomic E-state index is -1.11. The second-order valence-corrected chi connectivity index (χ2v) is 14.3. The van der Waals surface area contributed by atoms with Crippen LogP contribution in [0.15, 0.2) is 0 Å². The van der Waals surface area contributed by atoms with Gasteiger partial charge in [-0.05, 0) is 0 Å². The molecule has 0 aliphatic rings. The van der Waals surface area contributed by atoms with Crippen LogP contribution in [0.5, 0.6) is 0 Å². The van der Waals surface area contributed by atoms with E-state index in [9.17, 15) is 0 Å². The van der Waals surface area contributed by atoms with Crippen LogP contribution in [-0.2, 0) is 0 Å². The molecule has 0 radical (unpaired) electrons. The Morgan fingerprint density at radius 2 is 0.857 bits per heavy atom. The van der Waals surface area contributed by atoms with Crippen LogP contribution in [0.25, 0.3) is 0 Å². The van der Waals surface area contributed by atoms with E-state index in [0.717, 1.165) is 17.0 Å². The van der Waals surface area contributed by atoms with Crippen LogP contribution >= 0.6 is 7.26 Å². The van der Waals surface area contributed by atoms with Crippen molar-refractivity contribution in [3.05, 3.63) is 0 Å². The maximum atomic E-state index is 2.50. The predicted molar refractivity (Wildman–Crippen MR) is 106 cm³/mol. The van der Waals surface area contributed by atoms with Crippen LogP contribution in [0.3, 0.4) is 0 Å². The fraction of sp³-hybridized carbons (Fsp3) is 1.00. The van der Waals surface area contributed by atoms with E-state index in [1.165, 1.54) is 57.8 Å². The van der Waals surface area contributed by atoms with Gasteiger partial charge < -0.3 is 0 Å². The molecule has 0 bridgehead atoms. The Balaban J connectivity index is 3.95. The molecule has 0 aliphatic heterocycles. The molecule has 0 fully saturated rings. The average molecular weight is 317 g/mol. The normalized spacial score (nSPS) is 13.6. The molecule has 0 heterocycles. The molecule has 1 heteroatoms. The molecule has 0 atom stereocenters. The summed E-state index contributed by atoms with van der Waals surface area (Å²) in [5.41, 5.74) is 2.81. The zero-order chi connectivity index (χ0) is 16.3. The molecule has 0 aromatic rings. The molecule has 0 aromatic heterocycles. The van der Waals surface area contributed by atoms with Crippen LogP contribution in [0.2, 0.25) is 0 Å². The Morgan fingerprint density at radius 1 is 0.524 bits per heavy atom. The third kappa shape index (κ3) is 7.49. The summed E-state index contributed by atoms with van der Waals surface area (Å²) < 4.78 is 0. The van der Waals surface area contributed by atoms with Gasteiger partial charge >= 0.3 is 137 Å². The van der Waals surface area contributed by atoms with Crippen LogP contribution in [0, 0.1) is 0 Å². The SMILES string of the molecule is CCCCCCCCCCC[PH](C(C)C)(C(C)C)C(C)C. The summed E-state index contributed by atoms with van der Waals surface area (Å²) in [6, 6.07) is 0. The van der Waals surface area contributed by atoms with Crippen molar-refractivity contribution in [1.29, 1.82) is 0 Å². The van der Waals surface area contributed by atoms with Gasteiger partial charge in [0.1, 0.15) is 0 Å². The van der Waals surface area contributed by atoms with Gasteiger partial charge in [-0.3, -0.25) is 0 Å². The molecule has 0 amide bonds. The number of hydrogen-bond acceptors (Lipinski definition) is 0. The van der Waals surface area contributed by atoms with Crippen molar-refractivity contribution in [1.82, 2.24) is 0 Å². The van der Waals surface area contributed by atoms with Gasteiger partial charge in [0.2, 0.25) is 0 Å². The van der Waals surface area contributed by atoms with Crippen molar-refractivity contribution in [2.45, 2.75) is 123 Å². The summed E-state index contributed by atoms with van der Waals surface area (Å²) in [4.78, 5) is 0. The van der Waals surface area contributed by atoms with Gasteiger partial charge in [0.15, 0.2) is 0 Å². The van der Waals surface area contributed by atoms with Crippen LogP contribution in [0.1, 0.15) is 106 Å². The molecule has 0 spiro atoms. The Bertz CT molecular complexity index is 208. The van der Waals surface area contributed by atoms with Gasteiger partial charge in [0.25, 0.3) is 0 Å². The van der Waals surface area contributed by atoms with Crippen molar-refractivity contribution in [2.75, 3.05) is 6.16 Å². The summed E-state index contributed by atoms with van der Waals surface area (Å²) in [5, 5.41) is 0. The van der Waals surface area contributed by atoms with Crippen molar-refractivity contribution < 1.29 is 0 Å². The molecule has 0 saturated carbocycles. The minimum absolute atomic E-state index is 0.937. The quantitative estimate of drug-likeness (QED) is 0.244. The molecule has 21 heavy (non-hydrogen) atoms. The second kappa shape index (κ2) is 11.9. The fourth-order valence-electron chi connectivity index (χ4n) is 4.61. The average Bonchev–Trinajstić information content (AvgIpc) is 2.39. The molecule has 0 nitrogen and oxygen atoms in total. The number of unbranched alkanes of at least 4 members (excludes halogenated alkanes) is 8. The van der Waals surface area contributed by atoms with Gasteiger partial charge in [0.05, 0.1) is 0 Å². The van der Waals surface area contributed by atoms with E-state index in [1.807, 2.05) is 0 Å². The monoisotopic (exact) mass is 316 g/mol. The predicted octanol–water partition coefficient (Wildman–Crippen LogP) is 7.49. The molecule has 0 unspecified atom stereocenters. The second-order valence-electron chi connectivity index (χ2n) is 8.15. The molecule has 0 aliphatic carbocycles. The number of rotatable bonds is 13. The Morgan fingerprint density at radius 3 is 1.19 bits per heavy atom. The number of hydrogen-bond donors (Lipinski definition) is 0. The Kier molecular flexibility index (Phi) is 12.2. The zero-order valence-corrected chi connectivity index (χ0v) is 17.3. The Labute approximate surface area is 137 Å². The van der Waals surface area contributed by atoms with Crippen molar-refractivity contribution in [3.63, 3.8) is 0 Å². The first-order valence-corrected chi connectivity index (χ1v) is 12.3. The standard InChI is InChI=1S/C20H45P/c1-8-9-10-11-12-13-14-15-16-17-21(18(2)3,19(4)5)20(6)7/h18-21H,8-17H2,1-7H3. The van der Waals surface area contributed by atoms with Crippen LogP contribution in [-0.4, -0.2) is 23.1 Å². The van der Waals surface area contributed by atoms with Gasteiger partial charge in [-0.25, -0.2) is 0 Å². The Hall–Kier alpha value is 0.430. The molecule has 0 saturated heterocycles. The van der Waals surface area contributed by atoms with Crippen molar-refractivity contribution in [2.24, 2.45) is 0 Å². The van der Waals surface area contributed by atoms with Crippen LogP contribution in [0.4, 0.5) is 0 Å². The third-order valence-corrected chi connectivity index (χ3v) is 13.6. The molecule has 0 aromatic carbocycles. The molecule has 130 valence electrons. The summed E-state index contributed by atoms with van der Waals surface area (Å²) in [7, 11) is -1.11. The van der Waals surface area contributed by atoms with E-state index >= 15 is 0 Å². The van der Waals surface area contributed by atoms with E-state index < -0.39 is 7.26 Å². The maximum absolute atomic E-state index is 2.50. The summed E-state index contributed by atoms with van der Waals surface area (Å²) in [5.74, 6) is 0. The summed E-state index contributed by atoms with van der Waals surface area (Å²) >= 11 is 0. The van der Waals surface area contributed by atoms with E-state index in [1.54, 1.807) is 6.16 Å². The van der Waals surface area contributed by atoms with Gasteiger partial charge in [-0.2, -0.15) is 0 Å². The topological polar surface area (TPSA) is 0 Å². The van der Waals surface area contributed by atoms with Gasteiger partial charge in [-0.15, -0.1) is 0 Å². The first kappa shape index (κ1) is 21.4. The molecule has 0 N–H and O–H groups in total. The van der Waals surface area contributed by atoms with Crippen molar-refractivity contribution in [3.8, 4) is 0 Å². The summed E-state index contributed by atoms with van der Waals surface area (Å²) in [6.07, 6.45) is 14.7. The van der Waals surface area contributed by atoms with E-state index in [-0.39, 0.29) is 0 Å². The first-order valence-electron chi connectivity index (χ1n) is 9.89. The van der Waals surface area contributed by atoms with E-state index in [4.69, 9.17) is 0 Å². The fourth-order valence-corrected chi connectivity index (χ4v) is 11.2.